The van der Waals surface area contributed by atoms with Gasteiger partial charge in [-0.1, -0.05) is 17.7 Å². The van der Waals surface area contributed by atoms with E-state index in [1.807, 2.05) is 44.2 Å². The van der Waals surface area contributed by atoms with Gasteiger partial charge in [-0.15, -0.1) is 0 Å². The molecule has 0 aliphatic rings. The molecule has 1 unspecified atom stereocenters. The summed E-state index contributed by atoms with van der Waals surface area (Å²) in [5.41, 5.74) is 10.4. The van der Waals surface area contributed by atoms with E-state index in [4.69, 9.17) is 26.8 Å². The molecule has 0 radical (unpaired) electrons. The van der Waals surface area contributed by atoms with E-state index >= 15 is 0 Å². The van der Waals surface area contributed by atoms with Gasteiger partial charge in [0.05, 0.1) is 20.3 Å². The molecule has 21 heavy (non-hydrogen) atoms. The quantitative estimate of drug-likeness (QED) is 0.928. The molecule has 2 N–H and O–H groups in total. The van der Waals surface area contributed by atoms with Crippen LogP contribution in [0.3, 0.4) is 0 Å². The van der Waals surface area contributed by atoms with E-state index in [1.165, 1.54) is 0 Å². The molecule has 0 fully saturated rings. The highest BCUT2D eigenvalue weighted by Gasteiger charge is 2.18. The largest absolute Gasteiger partial charge is 0.497 e. The SMILES string of the molecule is COc1ccc(OC)c(C(N)c2cc(C)c(Cl)cc2C)c1. The first-order valence-corrected chi connectivity index (χ1v) is 7.10. The molecule has 0 amide bonds. The van der Waals surface area contributed by atoms with Gasteiger partial charge >= 0.3 is 0 Å². The molecule has 2 aromatic rings. The monoisotopic (exact) mass is 305 g/mol. The fourth-order valence-corrected chi connectivity index (χ4v) is 2.61. The standard InChI is InChI=1S/C17H20ClNO2/c1-10-8-15(18)11(2)7-13(10)17(19)14-9-12(20-3)5-6-16(14)21-4/h5-9,17H,19H2,1-4H3. The Bertz CT molecular complexity index is 655. The van der Waals surface area contributed by atoms with Crippen LogP contribution in [-0.2, 0) is 0 Å². The number of rotatable bonds is 4. The summed E-state index contributed by atoms with van der Waals surface area (Å²) in [5.74, 6) is 1.50. The van der Waals surface area contributed by atoms with Gasteiger partial charge in [-0.2, -0.15) is 0 Å². The number of nitrogens with two attached hydrogens (primary N) is 1. The Hall–Kier alpha value is -1.71. The molecule has 0 spiro atoms. The van der Waals surface area contributed by atoms with Crippen LogP contribution in [0.25, 0.3) is 0 Å². The topological polar surface area (TPSA) is 44.5 Å². The van der Waals surface area contributed by atoms with Gasteiger partial charge in [0.25, 0.3) is 0 Å². The maximum atomic E-state index is 6.46. The zero-order valence-corrected chi connectivity index (χ0v) is 13.5. The Balaban J connectivity index is 2.53. The molecule has 0 saturated carbocycles. The van der Waals surface area contributed by atoms with Gasteiger partial charge < -0.3 is 15.2 Å². The third-order valence-corrected chi connectivity index (χ3v) is 4.06. The molecule has 0 bridgehead atoms. The second-order valence-corrected chi connectivity index (χ2v) is 5.45. The number of benzene rings is 2. The average Bonchev–Trinajstić information content (AvgIpc) is 2.49. The molecule has 1 atom stereocenters. The Kier molecular flexibility index (Phi) is 4.76. The van der Waals surface area contributed by atoms with Crippen molar-refractivity contribution < 1.29 is 9.47 Å². The van der Waals surface area contributed by atoms with Crippen LogP contribution in [0.15, 0.2) is 30.3 Å². The minimum Gasteiger partial charge on any atom is -0.497 e. The van der Waals surface area contributed by atoms with Crippen molar-refractivity contribution in [3.05, 3.63) is 57.6 Å². The van der Waals surface area contributed by atoms with Crippen molar-refractivity contribution in [1.29, 1.82) is 0 Å². The van der Waals surface area contributed by atoms with Crippen molar-refractivity contribution in [2.24, 2.45) is 5.73 Å². The summed E-state index contributed by atoms with van der Waals surface area (Å²) in [4.78, 5) is 0. The van der Waals surface area contributed by atoms with E-state index in [9.17, 15) is 0 Å². The molecule has 4 heteroatoms. The van der Waals surface area contributed by atoms with Gasteiger partial charge in [0, 0.05) is 10.6 Å². The second kappa shape index (κ2) is 6.37. The molecule has 0 saturated heterocycles. The molecule has 0 aliphatic carbocycles. The lowest BCUT2D eigenvalue weighted by atomic mass is 9.93. The van der Waals surface area contributed by atoms with Crippen molar-refractivity contribution in [3.63, 3.8) is 0 Å². The zero-order chi connectivity index (χ0) is 15.6. The van der Waals surface area contributed by atoms with Gasteiger partial charge in [0.1, 0.15) is 11.5 Å². The summed E-state index contributed by atoms with van der Waals surface area (Å²) in [6.45, 7) is 3.98. The van der Waals surface area contributed by atoms with Crippen LogP contribution in [0.1, 0.15) is 28.3 Å². The van der Waals surface area contributed by atoms with E-state index in [-0.39, 0.29) is 6.04 Å². The number of halogens is 1. The first kappa shape index (κ1) is 15.7. The first-order chi connectivity index (χ1) is 9.97. The highest BCUT2D eigenvalue weighted by atomic mass is 35.5. The van der Waals surface area contributed by atoms with E-state index in [0.717, 1.165) is 38.8 Å². The molecule has 0 aromatic heterocycles. The maximum absolute atomic E-state index is 6.46. The molecule has 0 heterocycles. The molecule has 3 nitrogen and oxygen atoms in total. The number of hydrogen-bond acceptors (Lipinski definition) is 3. The van der Waals surface area contributed by atoms with Crippen molar-refractivity contribution in [2.45, 2.75) is 19.9 Å². The van der Waals surface area contributed by atoms with Crippen LogP contribution >= 0.6 is 11.6 Å². The van der Waals surface area contributed by atoms with Crippen LogP contribution in [0.4, 0.5) is 0 Å². The summed E-state index contributed by atoms with van der Waals surface area (Å²) < 4.78 is 10.7. The van der Waals surface area contributed by atoms with Gasteiger partial charge in [-0.05, 0) is 54.8 Å². The summed E-state index contributed by atoms with van der Waals surface area (Å²) in [5, 5.41) is 0.751. The Morgan fingerprint density at radius 3 is 2.29 bits per heavy atom. The number of hydrogen-bond donors (Lipinski definition) is 1. The van der Waals surface area contributed by atoms with E-state index in [0.29, 0.717) is 0 Å². The Morgan fingerprint density at radius 2 is 1.67 bits per heavy atom. The minimum absolute atomic E-state index is 0.300. The van der Waals surface area contributed by atoms with Gasteiger partial charge in [-0.3, -0.25) is 0 Å². The van der Waals surface area contributed by atoms with E-state index in [2.05, 4.69) is 0 Å². The molecule has 0 aliphatic heterocycles. The normalized spacial score (nSPS) is 12.1. The molecule has 2 aromatic carbocycles. The highest BCUT2D eigenvalue weighted by molar-refractivity contribution is 6.31. The Labute approximate surface area is 130 Å². The predicted octanol–water partition coefficient (Wildman–Crippen LogP) is 4.02. The molecular formula is C17H20ClNO2. The predicted molar refractivity (Wildman–Crippen MR) is 86.5 cm³/mol. The van der Waals surface area contributed by atoms with Crippen LogP contribution in [0.2, 0.25) is 5.02 Å². The first-order valence-electron chi connectivity index (χ1n) is 6.72. The number of methoxy groups -OCH3 is 2. The number of aryl methyl sites for hydroxylation is 2. The van der Waals surface area contributed by atoms with E-state index in [1.54, 1.807) is 14.2 Å². The summed E-state index contributed by atoms with van der Waals surface area (Å²) in [6, 6.07) is 9.31. The highest BCUT2D eigenvalue weighted by Crippen LogP contribution is 2.34. The Morgan fingerprint density at radius 1 is 0.952 bits per heavy atom. The van der Waals surface area contributed by atoms with E-state index < -0.39 is 0 Å². The lowest BCUT2D eigenvalue weighted by Gasteiger charge is -2.20. The van der Waals surface area contributed by atoms with Crippen molar-refractivity contribution in [3.8, 4) is 11.5 Å². The number of ether oxygens (including phenoxy) is 2. The fraction of sp³-hybridized carbons (Fsp3) is 0.294. The van der Waals surface area contributed by atoms with Gasteiger partial charge in [-0.25, -0.2) is 0 Å². The summed E-state index contributed by atoms with van der Waals surface area (Å²) in [6.07, 6.45) is 0. The molecular weight excluding hydrogens is 286 g/mol. The lowest BCUT2D eigenvalue weighted by Crippen LogP contribution is -2.15. The lowest BCUT2D eigenvalue weighted by molar-refractivity contribution is 0.397. The van der Waals surface area contributed by atoms with Gasteiger partial charge in [0.2, 0.25) is 0 Å². The van der Waals surface area contributed by atoms with Crippen LogP contribution in [-0.4, -0.2) is 14.2 Å². The fourth-order valence-electron chi connectivity index (χ4n) is 2.39. The summed E-state index contributed by atoms with van der Waals surface area (Å²) in [7, 11) is 3.27. The van der Waals surface area contributed by atoms with Crippen LogP contribution in [0.5, 0.6) is 11.5 Å². The third-order valence-electron chi connectivity index (χ3n) is 3.65. The maximum Gasteiger partial charge on any atom is 0.124 e. The molecule has 112 valence electrons. The van der Waals surface area contributed by atoms with Crippen LogP contribution in [0, 0.1) is 13.8 Å². The molecule has 2 rings (SSSR count). The summed E-state index contributed by atoms with van der Waals surface area (Å²) >= 11 is 6.16. The minimum atomic E-state index is -0.300. The van der Waals surface area contributed by atoms with Crippen molar-refractivity contribution >= 4 is 11.6 Å². The van der Waals surface area contributed by atoms with Crippen LogP contribution < -0.4 is 15.2 Å². The van der Waals surface area contributed by atoms with Crippen molar-refractivity contribution in [1.82, 2.24) is 0 Å². The average molecular weight is 306 g/mol. The van der Waals surface area contributed by atoms with Crippen molar-refractivity contribution in [2.75, 3.05) is 14.2 Å². The zero-order valence-electron chi connectivity index (χ0n) is 12.7. The second-order valence-electron chi connectivity index (χ2n) is 5.04. The van der Waals surface area contributed by atoms with Gasteiger partial charge in [0.15, 0.2) is 0 Å². The third kappa shape index (κ3) is 3.14. The smallest absolute Gasteiger partial charge is 0.124 e.